The summed E-state index contributed by atoms with van der Waals surface area (Å²) in [6.07, 6.45) is 2.34. The van der Waals surface area contributed by atoms with Crippen LogP contribution in [0.15, 0.2) is 54.6 Å². The van der Waals surface area contributed by atoms with Crippen LogP contribution in [0.1, 0.15) is 34.8 Å². The summed E-state index contributed by atoms with van der Waals surface area (Å²) in [6.45, 7) is 1.93. The molecule has 5 nitrogen and oxygen atoms in total. The van der Waals surface area contributed by atoms with Gasteiger partial charge in [0.15, 0.2) is 0 Å². The van der Waals surface area contributed by atoms with E-state index in [1.165, 1.54) is 5.56 Å². The number of nitrogens with one attached hydrogen (secondary N) is 1. The Bertz CT molecular complexity index is 710. The molecule has 1 heterocycles. The summed E-state index contributed by atoms with van der Waals surface area (Å²) in [4.78, 5) is 14.6. The van der Waals surface area contributed by atoms with Crippen molar-refractivity contribution < 1.29 is 14.3 Å². The molecular weight excluding hydrogens is 340 g/mol. The second kappa shape index (κ2) is 9.53. The van der Waals surface area contributed by atoms with Crippen molar-refractivity contribution >= 4 is 5.91 Å². The van der Waals surface area contributed by atoms with Gasteiger partial charge < -0.3 is 19.7 Å². The molecule has 1 aliphatic heterocycles. The lowest BCUT2D eigenvalue weighted by atomic mass is 10.1. The fourth-order valence-electron chi connectivity index (χ4n) is 3.23. The number of carbonyl (C=O) groups is 1. The van der Waals surface area contributed by atoms with E-state index >= 15 is 0 Å². The Morgan fingerprint density at radius 2 is 1.93 bits per heavy atom. The lowest BCUT2D eigenvalue weighted by molar-refractivity contribution is 0.0679. The van der Waals surface area contributed by atoms with E-state index in [0.717, 1.165) is 25.2 Å². The molecule has 0 aliphatic carbocycles. The zero-order valence-electron chi connectivity index (χ0n) is 16.1. The molecule has 3 rings (SSSR count). The van der Waals surface area contributed by atoms with Crippen LogP contribution >= 0.6 is 0 Å². The number of carbonyl (C=O) groups excluding carboxylic acids is 1. The van der Waals surface area contributed by atoms with Crippen LogP contribution in [0.3, 0.4) is 0 Å². The van der Waals surface area contributed by atoms with Gasteiger partial charge in [-0.05, 0) is 56.8 Å². The molecule has 2 aromatic carbocycles. The maximum Gasteiger partial charge on any atom is 0.251 e. The van der Waals surface area contributed by atoms with Gasteiger partial charge in [-0.2, -0.15) is 0 Å². The lowest BCUT2D eigenvalue weighted by Crippen LogP contribution is -2.34. The van der Waals surface area contributed by atoms with Crippen molar-refractivity contribution in [2.45, 2.75) is 25.0 Å². The molecule has 1 N–H and O–H groups in total. The monoisotopic (exact) mass is 368 g/mol. The molecule has 1 saturated heterocycles. The summed E-state index contributed by atoms with van der Waals surface area (Å²) in [6, 6.07) is 17.6. The number of hydrogen-bond donors (Lipinski definition) is 1. The zero-order chi connectivity index (χ0) is 19.1. The van der Waals surface area contributed by atoms with E-state index in [1.54, 1.807) is 12.1 Å². The molecule has 1 amide bonds. The van der Waals surface area contributed by atoms with Crippen LogP contribution in [0.5, 0.6) is 5.75 Å². The standard InChI is InChI=1S/C22H28N2O3/c1-24(2)21(17-7-4-3-5-8-17)15-23-22(25)18-10-12-19(13-11-18)27-16-20-9-6-14-26-20/h3-5,7-8,10-13,20-21H,6,9,14-16H2,1-2H3,(H,23,25)/t20-,21-/m0/s1. The van der Waals surface area contributed by atoms with Gasteiger partial charge in [0.05, 0.1) is 12.1 Å². The number of nitrogens with zero attached hydrogens (tertiary/aromatic N) is 1. The highest BCUT2D eigenvalue weighted by Gasteiger charge is 2.17. The average Bonchev–Trinajstić information content (AvgIpc) is 3.21. The van der Waals surface area contributed by atoms with E-state index in [9.17, 15) is 4.79 Å². The molecule has 5 heteroatoms. The van der Waals surface area contributed by atoms with Crippen LogP contribution in [0.4, 0.5) is 0 Å². The van der Waals surface area contributed by atoms with Crippen molar-refractivity contribution in [2.24, 2.45) is 0 Å². The molecule has 1 aliphatic rings. The first kappa shape index (κ1) is 19.4. The van der Waals surface area contributed by atoms with Gasteiger partial charge in [0.1, 0.15) is 12.4 Å². The number of ether oxygens (including phenoxy) is 2. The predicted octanol–water partition coefficient (Wildman–Crippen LogP) is 3.28. The van der Waals surface area contributed by atoms with Gasteiger partial charge in [-0.15, -0.1) is 0 Å². The molecule has 0 saturated carbocycles. The van der Waals surface area contributed by atoms with Gasteiger partial charge >= 0.3 is 0 Å². The molecule has 27 heavy (non-hydrogen) atoms. The van der Waals surface area contributed by atoms with Gasteiger partial charge in [-0.1, -0.05) is 30.3 Å². The smallest absolute Gasteiger partial charge is 0.251 e. The normalized spacial score (nSPS) is 17.7. The molecule has 0 aromatic heterocycles. The van der Waals surface area contributed by atoms with E-state index in [1.807, 2.05) is 44.4 Å². The van der Waals surface area contributed by atoms with Crippen molar-refractivity contribution in [2.75, 3.05) is 33.9 Å². The number of hydrogen-bond acceptors (Lipinski definition) is 4. The highest BCUT2D eigenvalue weighted by atomic mass is 16.5. The van der Waals surface area contributed by atoms with Crippen molar-refractivity contribution in [1.29, 1.82) is 0 Å². The van der Waals surface area contributed by atoms with Gasteiger partial charge in [-0.3, -0.25) is 4.79 Å². The third-order valence-corrected chi connectivity index (χ3v) is 4.84. The first-order valence-electron chi connectivity index (χ1n) is 9.47. The van der Waals surface area contributed by atoms with E-state index in [4.69, 9.17) is 9.47 Å². The molecule has 0 bridgehead atoms. The predicted molar refractivity (Wildman–Crippen MR) is 106 cm³/mol. The van der Waals surface area contributed by atoms with Crippen LogP contribution in [0.25, 0.3) is 0 Å². The second-order valence-electron chi connectivity index (χ2n) is 7.07. The first-order valence-corrected chi connectivity index (χ1v) is 9.47. The van der Waals surface area contributed by atoms with Crippen LogP contribution in [-0.2, 0) is 4.74 Å². The van der Waals surface area contributed by atoms with Crippen molar-refractivity contribution in [1.82, 2.24) is 10.2 Å². The highest BCUT2D eigenvalue weighted by Crippen LogP contribution is 2.18. The van der Waals surface area contributed by atoms with Crippen molar-refractivity contribution in [3.05, 3.63) is 65.7 Å². The van der Waals surface area contributed by atoms with Gasteiger partial charge in [0, 0.05) is 18.7 Å². The molecule has 0 spiro atoms. The summed E-state index contributed by atoms with van der Waals surface area (Å²) in [5.41, 5.74) is 1.81. The molecule has 144 valence electrons. The van der Waals surface area contributed by atoms with Gasteiger partial charge in [-0.25, -0.2) is 0 Å². The Labute approximate surface area is 161 Å². The third-order valence-electron chi connectivity index (χ3n) is 4.84. The van der Waals surface area contributed by atoms with Crippen molar-refractivity contribution in [3.8, 4) is 5.75 Å². The fourth-order valence-corrected chi connectivity index (χ4v) is 3.23. The minimum atomic E-state index is -0.0801. The molecule has 0 radical (unpaired) electrons. The quantitative estimate of drug-likeness (QED) is 0.777. The molecule has 1 fully saturated rings. The number of amides is 1. The van der Waals surface area contributed by atoms with E-state index in [-0.39, 0.29) is 18.1 Å². The fraction of sp³-hybridized carbons (Fsp3) is 0.409. The van der Waals surface area contributed by atoms with E-state index < -0.39 is 0 Å². The second-order valence-corrected chi connectivity index (χ2v) is 7.07. The minimum absolute atomic E-state index is 0.0801. The van der Waals surface area contributed by atoms with Crippen LogP contribution in [0.2, 0.25) is 0 Å². The third kappa shape index (κ3) is 5.55. The van der Waals surface area contributed by atoms with Crippen LogP contribution < -0.4 is 10.1 Å². The maximum atomic E-state index is 12.5. The Morgan fingerprint density at radius 1 is 1.19 bits per heavy atom. The molecule has 2 aromatic rings. The summed E-state index contributed by atoms with van der Waals surface area (Å²) < 4.78 is 11.3. The Hall–Kier alpha value is -2.37. The summed E-state index contributed by atoms with van der Waals surface area (Å²) >= 11 is 0. The van der Waals surface area contributed by atoms with E-state index in [0.29, 0.717) is 18.7 Å². The Kier molecular flexibility index (Phi) is 6.85. The van der Waals surface area contributed by atoms with E-state index in [2.05, 4.69) is 22.3 Å². The lowest BCUT2D eigenvalue weighted by Gasteiger charge is -2.25. The first-order chi connectivity index (χ1) is 13.1. The average molecular weight is 368 g/mol. The maximum absolute atomic E-state index is 12.5. The topological polar surface area (TPSA) is 50.8 Å². The summed E-state index contributed by atoms with van der Waals surface area (Å²) in [5.74, 6) is 0.681. The molecule has 0 unspecified atom stereocenters. The SMILES string of the molecule is CN(C)[C@@H](CNC(=O)c1ccc(OC[C@@H]2CCCO2)cc1)c1ccccc1. The molecular formula is C22H28N2O3. The summed E-state index contributed by atoms with van der Waals surface area (Å²) in [5, 5.41) is 3.03. The number of likely N-dealkylation sites (N-methyl/N-ethyl adjacent to an activating group) is 1. The van der Waals surface area contributed by atoms with Crippen molar-refractivity contribution in [3.63, 3.8) is 0 Å². The Balaban J connectivity index is 1.52. The minimum Gasteiger partial charge on any atom is -0.491 e. The number of benzene rings is 2. The zero-order valence-corrected chi connectivity index (χ0v) is 16.1. The van der Waals surface area contributed by atoms with Gasteiger partial charge in [0.2, 0.25) is 0 Å². The highest BCUT2D eigenvalue weighted by molar-refractivity contribution is 5.94. The van der Waals surface area contributed by atoms with Gasteiger partial charge in [0.25, 0.3) is 5.91 Å². The Morgan fingerprint density at radius 3 is 2.56 bits per heavy atom. The molecule has 2 atom stereocenters. The van der Waals surface area contributed by atoms with Crippen LogP contribution in [0, 0.1) is 0 Å². The largest absolute Gasteiger partial charge is 0.491 e. The van der Waals surface area contributed by atoms with Crippen LogP contribution in [-0.4, -0.2) is 50.8 Å². The number of rotatable bonds is 8. The summed E-state index contributed by atoms with van der Waals surface area (Å²) in [7, 11) is 4.04.